The van der Waals surface area contributed by atoms with Crippen molar-refractivity contribution in [3.8, 4) is 5.75 Å². The Morgan fingerprint density at radius 1 is 1.12 bits per heavy atom. The van der Waals surface area contributed by atoms with E-state index in [2.05, 4.69) is 30.7 Å². The SMILES string of the molecule is O=C1CC(C(=O)Nc2cccc(OC(F)(F)F)c2)c2c(nc(Nc3cccc(Cl)c3)[nH]c2=O)N1. The van der Waals surface area contributed by atoms with Gasteiger partial charge in [0.05, 0.1) is 11.5 Å². The first-order valence-electron chi connectivity index (χ1n) is 9.71. The molecule has 2 amide bonds. The Bertz CT molecular complexity index is 1330. The molecule has 1 atom stereocenters. The van der Waals surface area contributed by atoms with Crippen molar-refractivity contribution in [3.05, 3.63) is 69.5 Å². The van der Waals surface area contributed by atoms with E-state index >= 15 is 0 Å². The molecule has 0 saturated heterocycles. The van der Waals surface area contributed by atoms with Gasteiger partial charge in [0.2, 0.25) is 17.8 Å². The minimum atomic E-state index is -4.90. The van der Waals surface area contributed by atoms with Gasteiger partial charge in [0.15, 0.2) is 0 Å². The van der Waals surface area contributed by atoms with Crippen molar-refractivity contribution >= 4 is 46.6 Å². The second kappa shape index (κ2) is 9.06. The van der Waals surface area contributed by atoms with Crippen LogP contribution in [0.15, 0.2) is 53.3 Å². The van der Waals surface area contributed by atoms with Crippen LogP contribution in [-0.4, -0.2) is 28.1 Å². The number of carbonyl (C=O) groups is 2. The molecule has 1 aromatic heterocycles. The van der Waals surface area contributed by atoms with Gasteiger partial charge in [0, 0.05) is 28.9 Å². The van der Waals surface area contributed by atoms with Crippen LogP contribution in [0.2, 0.25) is 5.02 Å². The first-order chi connectivity index (χ1) is 16.1. The summed E-state index contributed by atoms with van der Waals surface area (Å²) in [5, 5.41) is 8.17. The predicted octanol–water partition coefficient (Wildman–Crippen LogP) is 4.13. The second-order valence-electron chi connectivity index (χ2n) is 7.18. The molecule has 4 N–H and O–H groups in total. The molecule has 0 fully saturated rings. The van der Waals surface area contributed by atoms with Crippen LogP contribution in [0.1, 0.15) is 17.9 Å². The zero-order valence-corrected chi connectivity index (χ0v) is 17.8. The number of nitrogens with zero attached hydrogens (tertiary/aromatic N) is 1. The maximum Gasteiger partial charge on any atom is 0.573 e. The molecule has 0 saturated carbocycles. The molecular formula is C21H15ClF3N5O4. The summed E-state index contributed by atoms with van der Waals surface area (Å²) in [5.74, 6) is -3.21. The normalized spacial score (nSPS) is 15.2. The highest BCUT2D eigenvalue weighted by Crippen LogP contribution is 2.31. The number of amides is 2. The summed E-state index contributed by atoms with van der Waals surface area (Å²) >= 11 is 5.94. The molecule has 0 aliphatic carbocycles. The van der Waals surface area contributed by atoms with Crippen molar-refractivity contribution in [2.75, 3.05) is 16.0 Å². The maximum absolute atomic E-state index is 12.9. The summed E-state index contributed by atoms with van der Waals surface area (Å²) in [7, 11) is 0. The van der Waals surface area contributed by atoms with E-state index in [1.165, 1.54) is 12.1 Å². The number of rotatable bonds is 5. The van der Waals surface area contributed by atoms with E-state index in [4.69, 9.17) is 11.6 Å². The van der Waals surface area contributed by atoms with Crippen LogP contribution in [0.5, 0.6) is 5.75 Å². The van der Waals surface area contributed by atoms with Crippen LogP contribution in [0.25, 0.3) is 0 Å². The van der Waals surface area contributed by atoms with Gasteiger partial charge in [-0.3, -0.25) is 19.4 Å². The molecule has 4 rings (SSSR count). The smallest absolute Gasteiger partial charge is 0.406 e. The van der Waals surface area contributed by atoms with Crippen LogP contribution in [0.3, 0.4) is 0 Å². The Hall–Kier alpha value is -4.06. The van der Waals surface area contributed by atoms with Gasteiger partial charge >= 0.3 is 6.36 Å². The number of aromatic amines is 1. The Morgan fingerprint density at radius 2 is 1.85 bits per heavy atom. The number of halogens is 4. The van der Waals surface area contributed by atoms with Gasteiger partial charge in [-0.15, -0.1) is 13.2 Å². The molecule has 2 heterocycles. The predicted molar refractivity (Wildman–Crippen MR) is 117 cm³/mol. The van der Waals surface area contributed by atoms with Crippen LogP contribution < -0.4 is 26.2 Å². The highest BCUT2D eigenvalue weighted by molar-refractivity contribution is 6.30. The molecule has 13 heteroatoms. The number of aromatic nitrogens is 2. The molecule has 1 aliphatic heterocycles. The molecule has 1 aliphatic rings. The monoisotopic (exact) mass is 493 g/mol. The summed E-state index contributed by atoms with van der Waals surface area (Å²) < 4.78 is 41.2. The first kappa shape index (κ1) is 23.1. The average molecular weight is 494 g/mol. The van der Waals surface area contributed by atoms with Crippen molar-refractivity contribution in [1.82, 2.24) is 9.97 Å². The van der Waals surface area contributed by atoms with Gasteiger partial charge in [-0.1, -0.05) is 23.7 Å². The molecule has 3 aromatic rings. The third-order valence-electron chi connectivity index (χ3n) is 4.69. The van der Waals surface area contributed by atoms with Crippen LogP contribution in [0, 0.1) is 0 Å². The summed E-state index contributed by atoms with van der Waals surface area (Å²) in [5.41, 5.74) is -0.254. The summed E-state index contributed by atoms with van der Waals surface area (Å²) in [6.07, 6.45) is -5.26. The zero-order valence-electron chi connectivity index (χ0n) is 17.0. The lowest BCUT2D eigenvalue weighted by Crippen LogP contribution is -2.36. The van der Waals surface area contributed by atoms with Crippen LogP contribution in [0.4, 0.5) is 36.3 Å². The van der Waals surface area contributed by atoms with E-state index in [1.807, 2.05) is 0 Å². The summed E-state index contributed by atoms with van der Waals surface area (Å²) in [4.78, 5) is 44.5. The lowest BCUT2D eigenvalue weighted by atomic mass is 9.92. The van der Waals surface area contributed by atoms with Gasteiger partial charge in [-0.05, 0) is 30.3 Å². The molecule has 176 valence electrons. The zero-order chi connectivity index (χ0) is 24.5. The van der Waals surface area contributed by atoms with Crippen molar-refractivity contribution in [1.29, 1.82) is 0 Å². The molecule has 0 radical (unpaired) electrons. The van der Waals surface area contributed by atoms with Gasteiger partial charge in [-0.2, -0.15) is 4.98 Å². The quantitative estimate of drug-likeness (QED) is 0.423. The van der Waals surface area contributed by atoms with Gasteiger partial charge < -0.3 is 20.7 Å². The number of hydrogen-bond acceptors (Lipinski definition) is 6. The number of H-pyrrole nitrogens is 1. The molecule has 9 nitrogen and oxygen atoms in total. The third-order valence-corrected chi connectivity index (χ3v) is 4.93. The van der Waals surface area contributed by atoms with E-state index < -0.39 is 35.4 Å². The van der Waals surface area contributed by atoms with E-state index in [0.717, 1.165) is 12.1 Å². The highest BCUT2D eigenvalue weighted by atomic mass is 35.5. The Balaban J connectivity index is 1.59. The number of nitrogens with one attached hydrogen (secondary N) is 4. The van der Waals surface area contributed by atoms with E-state index in [-0.39, 0.29) is 29.4 Å². The lowest BCUT2D eigenvalue weighted by molar-refractivity contribution is -0.274. The fourth-order valence-corrected chi connectivity index (χ4v) is 3.55. The molecule has 1 unspecified atom stereocenters. The number of hydrogen-bond donors (Lipinski definition) is 4. The summed E-state index contributed by atoms with van der Waals surface area (Å²) in [6, 6.07) is 11.2. The van der Waals surface area contributed by atoms with E-state index in [1.54, 1.807) is 24.3 Å². The topological polar surface area (TPSA) is 125 Å². The minimum absolute atomic E-state index is 0.00405. The van der Waals surface area contributed by atoms with E-state index in [0.29, 0.717) is 10.7 Å². The van der Waals surface area contributed by atoms with Crippen LogP contribution >= 0.6 is 11.6 Å². The van der Waals surface area contributed by atoms with Gasteiger partial charge in [0.25, 0.3) is 5.56 Å². The van der Waals surface area contributed by atoms with Gasteiger partial charge in [-0.25, -0.2) is 0 Å². The van der Waals surface area contributed by atoms with Crippen molar-refractivity contribution in [3.63, 3.8) is 0 Å². The first-order valence-corrected chi connectivity index (χ1v) is 10.1. The molecular weight excluding hydrogens is 479 g/mol. The average Bonchev–Trinajstić information content (AvgIpc) is 2.72. The minimum Gasteiger partial charge on any atom is -0.406 e. The number of ether oxygens (including phenoxy) is 1. The Kier molecular flexibility index (Phi) is 6.16. The lowest BCUT2D eigenvalue weighted by Gasteiger charge is -2.23. The number of carbonyl (C=O) groups excluding carboxylic acids is 2. The molecule has 0 spiro atoms. The fourth-order valence-electron chi connectivity index (χ4n) is 3.36. The number of anilines is 4. The number of benzene rings is 2. The number of fused-ring (bicyclic) bond motifs is 1. The molecule has 0 bridgehead atoms. The largest absolute Gasteiger partial charge is 0.573 e. The maximum atomic E-state index is 12.9. The van der Waals surface area contributed by atoms with E-state index in [9.17, 15) is 27.6 Å². The van der Waals surface area contributed by atoms with Gasteiger partial charge in [0.1, 0.15) is 11.6 Å². The summed E-state index contributed by atoms with van der Waals surface area (Å²) in [6.45, 7) is 0. The molecule has 2 aromatic carbocycles. The number of alkyl halides is 3. The van der Waals surface area contributed by atoms with Crippen molar-refractivity contribution in [2.24, 2.45) is 0 Å². The second-order valence-corrected chi connectivity index (χ2v) is 7.62. The third kappa shape index (κ3) is 5.46. The standard InChI is InChI=1S/C21H15ClF3N5O4/c22-10-3-1-4-11(7-10)27-20-29-17-16(19(33)30-20)14(9-15(31)28-17)18(32)26-12-5-2-6-13(8-12)34-21(23,24)25/h1-8,14H,9H2,(H,26,32)(H3,27,28,29,30,31,33). The fraction of sp³-hybridized carbons (Fsp3) is 0.143. The molecule has 34 heavy (non-hydrogen) atoms. The van der Waals surface area contributed by atoms with Crippen molar-refractivity contribution in [2.45, 2.75) is 18.7 Å². The Morgan fingerprint density at radius 3 is 2.59 bits per heavy atom. The highest BCUT2D eigenvalue weighted by Gasteiger charge is 2.35. The Labute approximate surface area is 194 Å². The van der Waals surface area contributed by atoms with Crippen molar-refractivity contribution < 1.29 is 27.5 Å². The van der Waals surface area contributed by atoms with Crippen LogP contribution in [-0.2, 0) is 9.59 Å².